The highest BCUT2D eigenvalue weighted by Crippen LogP contribution is 2.39. The van der Waals surface area contributed by atoms with Gasteiger partial charge >= 0.3 is 0 Å². The predicted molar refractivity (Wildman–Crippen MR) is 119 cm³/mol. The van der Waals surface area contributed by atoms with Crippen molar-refractivity contribution in [2.75, 3.05) is 20.8 Å². The standard InChI is InChI=1S/C23H24O12/c1-31-13-5-9(3-4-12(13)34-23-20(30)19(29)17(27)15(8-24)35-23)21-22(32-2)18(28)16-11(26)6-10(25)7-14(16)33-21/h3-7,15,17,19-20,23-27,29-30H,8H2,1-2H3/t15-,17-,19-,20-,23-/m0/s1. The number of phenols is 2. The number of hydrogen-bond donors (Lipinski definition) is 6. The van der Waals surface area contributed by atoms with Gasteiger partial charge in [0.25, 0.3) is 0 Å². The van der Waals surface area contributed by atoms with Crippen LogP contribution >= 0.6 is 0 Å². The lowest BCUT2D eigenvalue weighted by atomic mass is 9.99. The molecule has 1 aliphatic heterocycles. The number of benzene rings is 2. The first kappa shape index (κ1) is 24.6. The number of methoxy groups -OCH3 is 2. The van der Waals surface area contributed by atoms with Crippen LogP contribution in [-0.2, 0) is 4.74 Å². The highest BCUT2D eigenvalue weighted by Gasteiger charge is 2.45. The average Bonchev–Trinajstić information content (AvgIpc) is 2.83. The van der Waals surface area contributed by atoms with Crippen molar-refractivity contribution >= 4 is 11.0 Å². The van der Waals surface area contributed by atoms with Gasteiger partial charge in [0.1, 0.15) is 46.9 Å². The highest BCUT2D eigenvalue weighted by atomic mass is 16.7. The van der Waals surface area contributed by atoms with E-state index in [-0.39, 0.29) is 39.7 Å². The summed E-state index contributed by atoms with van der Waals surface area (Å²) in [5.74, 6) is -0.827. The van der Waals surface area contributed by atoms with Crippen LogP contribution in [0.15, 0.2) is 39.5 Å². The number of aliphatic hydroxyl groups excluding tert-OH is 4. The van der Waals surface area contributed by atoms with Crippen molar-refractivity contribution in [3.63, 3.8) is 0 Å². The Bertz CT molecular complexity index is 1280. The smallest absolute Gasteiger partial charge is 0.239 e. The molecule has 188 valence electrons. The van der Waals surface area contributed by atoms with E-state index in [1.807, 2.05) is 0 Å². The van der Waals surface area contributed by atoms with Crippen LogP contribution in [0, 0.1) is 0 Å². The number of aliphatic hydroxyl groups is 4. The Morgan fingerprint density at radius 3 is 2.34 bits per heavy atom. The molecule has 0 radical (unpaired) electrons. The van der Waals surface area contributed by atoms with Gasteiger partial charge in [-0.15, -0.1) is 0 Å². The van der Waals surface area contributed by atoms with Gasteiger partial charge in [-0.2, -0.15) is 0 Å². The summed E-state index contributed by atoms with van der Waals surface area (Å²) in [5.41, 5.74) is -0.438. The van der Waals surface area contributed by atoms with Crippen molar-refractivity contribution in [1.82, 2.24) is 0 Å². The van der Waals surface area contributed by atoms with Gasteiger partial charge in [-0.05, 0) is 18.2 Å². The number of ether oxygens (including phenoxy) is 4. The van der Waals surface area contributed by atoms with Crippen LogP contribution in [0.3, 0.4) is 0 Å². The number of hydrogen-bond acceptors (Lipinski definition) is 12. The van der Waals surface area contributed by atoms with Crippen LogP contribution in [0.2, 0.25) is 0 Å². The van der Waals surface area contributed by atoms with E-state index >= 15 is 0 Å². The van der Waals surface area contributed by atoms with E-state index in [9.17, 15) is 35.4 Å². The Morgan fingerprint density at radius 2 is 1.69 bits per heavy atom. The van der Waals surface area contributed by atoms with E-state index in [2.05, 4.69) is 0 Å². The topological polar surface area (TPSA) is 189 Å². The molecular weight excluding hydrogens is 468 g/mol. The summed E-state index contributed by atoms with van der Waals surface area (Å²) in [7, 11) is 2.59. The molecule has 1 fully saturated rings. The zero-order chi connectivity index (χ0) is 25.4. The van der Waals surface area contributed by atoms with Gasteiger partial charge in [0.05, 0.1) is 20.8 Å². The SMILES string of the molecule is COc1cc(-c2oc3cc(O)cc(O)c3c(=O)c2OC)ccc1O[C@H]1O[C@@H](CO)[C@H](O)[C@H](O)[C@@H]1O. The zero-order valence-corrected chi connectivity index (χ0v) is 18.6. The van der Waals surface area contributed by atoms with Crippen molar-refractivity contribution in [2.45, 2.75) is 30.7 Å². The van der Waals surface area contributed by atoms with Crippen LogP contribution in [0.1, 0.15) is 0 Å². The molecule has 2 aromatic carbocycles. The number of rotatable bonds is 6. The molecular formula is C23H24O12. The van der Waals surface area contributed by atoms with E-state index < -0.39 is 48.5 Å². The molecule has 0 spiro atoms. The summed E-state index contributed by atoms with van der Waals surface area (Å²) in [6.07, 6.45) is -7.39. The maximum Gasteiger partial charge on any atom is 0.239 e. The van der Waals surface area contributed by atoms with Crippen molar-refractivity contribution in [2.24, 2.45) is 0 Å². The molecule has 12 nitrogen and oxygen atoms in total. The molecule has 0 unspecified atom stereocenters. The molecule has 0 amide bonds. The number of phenolic OH excluding ortho intramolecular Hbond substituents is 2. The normalized spacial score (nSPS) is 24.3. The second kappa shape index (κ2) is 9.60. The molecule has 2 heterocycles. The molecule has 35 heavy (non-hydrogen) atoms. The lowest BCUT2D eigenvalue weighted by Crippen LogP contribution is -2.60. The fraction of sp³-hybridized carbons (Fsp3) is 0.348. The fourth-order valence-corrected chi connectivity index (χ4v) is 3.84. The molecule has 1 aromatic heterocycles. The molecule has 6 N–H and O–H groups in total. The van der Waals surface area contributed by atoms with Crippen molar-refractivity contribution < 1.29 is 54.0 Å². The van der Waals surface area contributed by atoms with Gasteiger partial charge in [0, 0.05) is 17.7 Å². The molecule has 0 aliphatic carbocycles. The molecule has 5 atom stereocenters. The summed E-state index contributed by atoms with van der Waals surface area (Å²) in [6.45, 7) is -0.618. The second-order valence-corrected chi connectivity index (χ2v) is 7.81. The summed E-state index contributed by atoms with van der Waals surface area (Å²) in [5, 5.41) is 59.2. The first-order chi connectivity index (χ1) is 16.7. The third kappa shape index (κ3) is 4.33. The quantitative estimate of drug-likeness (QED) is 0.272. The number of aromatic hydroxyl groups is 2. The summed E-state index contributed by atoms with van der Waals surface area (Å²) < 4.78 is 27.4. The van der Waals surface area contributed by atoms with Crippen molar-refractivity contribution in [3.8, 4) is 40.1 Å². The molecule has 0 bridgehead atoms. The molecule has 0 saturated carbocycles. The van der Waals surface area contributed by atoms with Gasteiger partial charge in [-0.3, -0.25) is 4.79 Å². The van der Waals surface area contributed by atoms with E-state index in [0.29, 0.717) is 5.56 Å². The zero-order valence-electron chi connectivity index (χ0n) is 18.6. The largest absolute Gasteiger partial charge is 0.508 e. The van der Waals surface area contributed by atoms with Crippen LogP contribution in [0.25, 0.3) is 22.3 Å². The summed E-state index contributed by atoms with van der Waals surface area (Å²) in [6, 6.07) is 6.52. The molecule has 1 saturated heterocycles. The molecule has 3 aromatic rings. The third-order valence-corrected chi connectivity index (χ3v) is 5.64. The van der Waals surface area contributed by atoms with Crippen LogP contribution in [0.4, 0.5) is 0 Å². The molecule has 4 rings (SSSR count). The Morgan fingerprint density at radius 1 is 0.943 bits per heavy atom. The third-order valence-electron chi connectivity index (χ3n) is 5.64. The minimum Gasteiger partial charge on any atom is -0.508 e. The Hall–Kier alpha value is -3.55. The van der Waals surface area contributed by atoms with E-state index in [1.54, 1.807) is 0 Å². The first-order valence-electron chi connectivity index (χ1n) is 10.4. The van der Waals surface area contributed by atoms with Gasteiger partial charge in [-0.1, -0.05) is 0 Å². The van der Waals surface area contributed by atoms with Crippen LogP contribution in [-0.4, -0.2) is 82.2 Å². The molecule has 12 heteroatoms. The first-order valence-corrected chi connectivity index (χ1v) is 10.4. The van der Waals surface area contributed by atoms with Gasteiger partial charge < -0.3 is 54.0 Å². The minimum absolute atomic E-state index is 0.0207. The van der Waals surface area contributed by atoms with E-state index in [4.69, 9.17) is 23.4 Å². The van der Waals surface area contributed by atoms with Gasteiger partial charge in [0.2, 0.25) is 17.5 Å². The van der Waals surface area contributed by atoms with Crippen LogP contribution in [0.5, 0.6) is 28.7 Å². The average molecular weight is 492 g/mol. The maximum absolute atomic E-state index is 12.9. The van der Waals surface area contributed by atoms with E-state index in [0.717, 1.165) is 6.07 Å². The summed E-state index contributed by atoms with van der Waals surface area (Å²) in [4.78, 5) is 12.9. The van der Waals surface area contributed by atoms with E-state index in [1.165, 1.54) is 38.5 Å². The maximum atomic E-state index is 12.9. The lowest BCUT2D eigenvalue weighted by molar-refractivity contribution is -0.277. The Labute approximate surface area is 197 Å². The highest BCUT2D eigenvalue weighted by molar-refractivity contribution is 5.88. The van der Waals surface area contributed by atoms with Crippen LogP contribution < -0.4 is 19.6 Å². The lowest BCUT2D eigenvalue weighted by Gasteiger charge is -2.39. The monoisotopic (exact) mass is 492 g/mol. The van der Waals surface area contributed by atoms with Crippen molar-refractivity contribution in [1.29, 1.82) is 0 Å². The second-order valence-electron chi connectivity index (χ2n) is 7.81. The fourth-order valence-electron chi connectivity index (χ4n) is 3.84. The van der Waals surface area contributed by atoms with Crippen molar-refractivity contribution in [3.05, 3.63) is 40.6 Å². The predicted octanol–water partition coefficient (Wildman–Crippen LogP) is 0.0671. The number of fused-ring (bicyclic) bond motifs is 1. The molecule has 1 aliphatic rings. The Kier molecular flexibility index (Phi) is 6.74. The summed E-state index contributed by atoms with van der Waals surface area (Å²) >= 11 is 0. The van der Waals surface area contributed by atoms with Gasteiger partial charge in [-0.25, -0.2) is 0 Å². The van der Waals surface area contributed by atoms with Gasteiger partial charge in [0.15, 0.2) is 17.3 Å². The Balaban J connectivity index is 1.74. The minimum atomic E-state index is -1.63.